The van der Waals surface area contributed by atoms with Gasteiger partial charge in [0.05, 0.1) is 0 Å². The molecule has 0 heterocycles. The van der Waals surface area contributed by atoms with Crippen molar-refractivity contribution in [3.63, 3.8) is 0 Å². The zero-order valence-corrected chi connectivity index (χ0v) is 14.8. The number of hydrogen-bond acceptors (Lipinski definition) is 3. The van der Waals surface area contributed by atoms with Gasteiger partial charge in [0, 0.05) is 12.0 Å². The Bertz CT molecular complexity index is 515. The van der Waals surface area contributed by atoms with E-state index in [2.05, 4.69) is 6.92 Å². The van der Waals surface area contributed by atoms with Crippen LogP contribution < -0.4 is 0 Å². The molecule has 0 fully saturated rings. The lowest BCUT2D eigenvalue weighted by atomic mass is 9.91. The van der Waals surface area contributed by atoms with Crippen molar-refractivity contribution in [2.45, 2.75) is 77.1 Å². The minimum absolute atomic E-state index is 0.0386. The minimum atomic E-state index is -2.78. The van der Waals surface area contributed by atoms with E-state index >= 15 is 0 Å². The Kier molecular flexibility index (Phi) is 9.46. The molecular formula is C19H29F3O3. The minimum Gasteiger partial charge on any atom is -0.343 e. The summed E-state index contributed by atoms with van der Waals surface area (Å²) in [4.78, 5) is 0. The van der Waals surface area contributed by atoms with Crippen LogP contribution >= 0.6 is 0 Å². The zero-order chi connectivity index (χ0) is 18.9. The predicted octanol–water partition coefficient (Wildman–Crippen LogP) is 4.42. The molecule has 1 aromatic carbocycles. The molecule has 0 saturated carbocycles. The van der Waals surface area contributed by atoms with Gasteiger partial charge >= 0.3 is 0 Å². The van der Waals surface area contributed by atoms with Gasteiger partial charge in [-0.1, -0.05) is 45.4 Å². The van der Waals surface area contributed by atoms with Crippen LogP contribution in [0.5, 0.6) is 0 Å². The highest BCUT2D eigenvalue weighted by molar-refractivity contribution is 5.20. The van der Waals surface area contributed by atoms with E-state index in [1.165, 1.54) is 6.42 Å². The molecule has 1 aromatic rings. The van der Waals surface area contributed by atoms with Gasteiger partial charge in [0.15, 0.2) is 11.6 Å². The third-order valence-electron chi connectivity index (χ3n) is 4.54. The number of benzene rings is 1. The molecule has 0 saturated heterocycles. The smallest absolute Gasteiger partial charge is 0.278 e. The van der Waals surface area contributed by atoms with Gasteiger partial charge in [-0.25, -0.2) is 13.2 Å². The van der Waals surface area contributed by atoms with Gasteiger partial charge in [0.25, 0.3) is 5.97 Å². The molecule has 0 spiro atoms. The first-order valence-corrected chi connectivity index (χ1v) is 9.06. The van der Waals surface area contributed by atoms with Crippen molar-refractivity contribution in [3.8, 4) is 0 Å². The normalized spacial score (nSPS) is 13.2. The van der Waals surface area contributed by atoms with Crippen LogP contribution in [0.15, 0.2) is 12.1 Å². The molecule has 0 aliphatic carbocycles. The SMILES string of the molecule is CCCCCCCCC(CCCc1cc(F)c(F)cc1F)C(O)(O)O. The number of halogens is 3. The predicted molar refractivity (Wildman–Crippen MR) is 90.1 cm³/mol. The fraction of sp³-hybridized carbons (Fsp3) is 0.684. The molecule has 0 aromatic heterocycles. The molecule has 1 unspecified atom stereocenters. The summed E-state index contributed by atoms with van der Waals surface area (Å²) >= 11 is 0. The van der Waals surface area contributed by atoms with Crippen molar-refractivity contribution in [3.05, 3.63) is 35.1 Å². The van der Waals surface area contributed by atoms with Gasteiger partial charge < -0.3 is 15.3 Å². The summed E-state index contributed by atoms with van der Waals surface area (Å²) in [5.74, 6) is -6.71. The molecule has 0 bridgehead atoms. The lowest BCUT2D eigenvalue weighted by molar-refractivity contribution is -0.344. The van der Waals surface area contributed by atoms with Crippen LogP contribution in [0.25, 0.3) is 0 Å². The van der Waals surface area contributed by atoms with Gasteiger partial charge in [-0.05, 0) is 37.3 Å². The molecular weight excluding hydrogens is 333 g/mol. The van der Waals surface area contributed by atoms with Crippen molar-refractivity contribution >= 4 is 0 Å². The first-order chi connectivity index (χ1) is 11.8. The second-order valence-electron chi connectivity index (χ2n) is 6.69. The van der Waals surface area contributed by atoms with E-state index in [1.807, 2.05) is 0 Å². The molecule has 0 aliphatic rings. The summed E-state index contributed by atoms with van der Waals surface area (Å²) in [6, 6.07) is 1.32. The quantitative estimate of drug-likeness (QED) is 0.293. The highest BCUT2D eigenvalue weighted by atomic mass is 19.2. The van der Waals surface area contributed by atoms with Gasteiger partial charge in [0.2, 0.25) is 0 Å². The van der Waals surface area contributed by atoms with Crippen LogP contribution in [0, 0.1) is 23.4 Å². The van der Waals surface area contributed by atoms with E-state index in [1.54, 1.807) is 0 Å². The summed E-state index contributed by atoms with van der Waals surface area (Å²) in [6.07, 6.45) is 7.38. The number of aryl methyl sites for hydroxylation is 1. The molecule has 0 radical (unpaired) electrons. The topological polar surface area (TPSA) is 60.7 Å². The summed E-state index contributed by atoms with van der Waals surface area (Å²) in [5, 5.41) is 28.4. The van der Waals surface area contributed by atoms with Gasteiger partial charge in [-0.2, -0.15) is 0 Å². The second-order valence-corrected chi connectivity index (χ2v) is 6.69. The third kappa shape index (κ3) is 8.21. The van der Waals surface area contributed by atoms with Crippen LogP contribution in [0.4, 0.5) is 13.2 Å². The third-order valence-corrected chi connectivity index (χ3v) is 4.54. The van der Waals surface area contributed by atoms with Crippen molar-refractivity contribution in [1.82, 2.24) is 0 Å². The van der Waals surface area contributed by atoms with E-state index in [9.17, 15) is 28.5 Å². The molecule has 144 valence electrons. The maximum atomic E-state index is 13.6. The largest absolute Gasteiger partial charge is 0.343 e. The maximum absolute atomic E-state index is 13.6. The zero-order valence-electron chi connectivity index (χ0n) is 14.8. The maximum Gasteiger partial charge on any atom is 0.278 e. The van der Waals surface area contributed by atoms with Crippen LogP contribution in [-0.4, -0.2) is 21.3 Å². The fourth-order valence-corrected chi connectivity index (χ4v) is 3.00. The molecule has 0 amide bonds. The van der Waals surface area contributed by atoms with Crippen LogP contribution in [0.3, 0.4) is 0 Å². The van der Waals surface area contributed by atoms with Crippen LogP contribution in [0.2, 0.25) is 0 Å². The lowest BCUT2D eigenvalue weighted by Gasteiger charge is -2.26. The van der Waals surface area contributed by atoms with Crippen molar-refractivity contribution < 1.29 is 28.5 Å². The van der Waals surface area contributed by atoms with Gasteiger partial charge in [-0.15, -0.1) is 0 Å². The molecule has 3 N–H and O–H groups in total. The Morgan fingerprint density at radius 1 is 0.800 bits per heavy atom. The highest BCUT2D eigenvalue weighted by Gasteiger charge is 2.31. The first-order valence-electron chi connectivity index (χ1n) is 9.06. The van der Waals surface area contributed by atoms with E-state index in [4.69, 9.17) is 0 Å². The monoisotopic (exact) mass is 362 g/mol. The van der Waals surface area contributed by atoms with E-state index in [0.29, 0.717) is 18.9 Å². The van der Waals surface area contributed by atoms with Crippen LogP contribution in [-0.2, 0) is 6.42 Å². The Morgan fingerprint density at radius 3 is 2.00 bits per heavy atom. The second kappa shape index (κ2) is 10.8. The molecule has 0 aliphatic heterocycles. The summed E-state index contributed by atoms with van der Waals surface area (Å²) in [6.45, 7) is 2.13. The molecule has 1 atom stereocenters. The Labute approximate surface area is 147 Å². The molecule has 25 heavy (non-hydrogen) atoms. The summed E-state index contributed by atoms with van der Waals surface area (Å²) in [5.41, 5.74) is 0.0386. The summed E-state index contributed by atoms with van der Waals surface area (Å²) in [7, 11) is 0. The molecule has 3 nitrogen and oxygen atoms in total. The van der Waals surface area contributed by atoms with E-state index in [-0.39, 0.29) is 18.4 Å². The summed E-state index contributed by atoms with van der Waals surface area (Å²) < 4.78 is 39.7. The molecule has 6 heteroatoms. The average Bonchev–Trinajstić information content (AvgIpc) is 2.52. The standard InChI is InChI=1S/C19H29F3O3/c1-2-3-4-5-6-7-10-15(19(23,24)25)11-8-9-14-12-17(21)18(22)13-16(14)20/h12-13,15,23-25H,2-11H2,1H3. The Balaban J connectivity index is 2.44. The number of unbranched alkanes of at least 4 members (excludes halogenated alkanes) is 5. The van der Waals surface area contributed by atoms with Crippen LogP contribution in [0.1, 0.15) is 70.3 Å². The number of aliphatic hydroxyl groups is 3. The highest BCUT2D eigenvalue weighted by Crippen LogP contribution is 2.26. The number of hydrogen-bond donors (Lipinski definition) is 3. The van der Waals surface area contributed by atoms with Crippen molar-refractivity contribution in [2.24, 2.45) is 5.92 Å². The van der Waals surface area contributed by atoms with E-state index in [0.717, 1.165) is 38.2 Å². The lowest BCUT2D eigenvalue weighted by Crippen LogP contribution is -2.37. The fourth-order valence-electron chi connectivity index (χ4n) is 3.00. The van der Waals surface area contributed by atoms with Crippen molar-refractivity contribution in [2.75, 3.05) is 0 Å². The average molecular weight is 362 g/mol. The Hall–Kier alpha value is -1.11. The number of rotatable bonds is 12. The van der Waals surface area contributed by atoms with Gasteiger partial charge in [-0.3, -0.25) is 0 Å². The van der Waals surface area contributed by atoms with Gasteiger partial charge in [0.1, 0.15) is 5.82 Å². The Morgan fingerprint density at radius 2 is 1.36 bits per heavy atom. The van der Waals surface area contributed by atoms with E-state index < -0.39 is 29.3 Å². The first kappa shape index (κ1) is 21.9. The van der Waals surface area contributed by atoms with Crippen molar-refractivity contribution in [1.29, 1.82) is 0 Å². The molecule has 1 rings (SSSR count).